The molecule has 0 bridgehead atoms. The van der Waals surface area contributed by atoms with Crippen LogP contribution in [0.2, 0.25) is 0 Å². The van der Waals surface area contributed by atoms with Gasteiger partial charge in [-0.1, -0.05) is 42.1 Å². The first-order valence-electron chi connectivity index (χ1n) is 10.0. The molecule has 0 saturated heterocycles. The van der Waals surface area contributed by atoms with Crippen molar-refractivity contribution in [2.75, 3.05) is 18.2 Å². The monoisotopic (exact) mass is 459 g/mol. The fourth-order valence-electron chi connectivity index (χ4n) is 3.22. The molecule has 0 atom stereocenters. The average molecular weight is 460 g/mol. The lowest BCUT2D eigenvalue weighted by Gasteiger charge is -2.12. The minimum absolute atomic E-state index is 0.120. The summed E-state index contributed by atoms with van der Waals surface area (Å²) < 4.78 is 7.41. The van der Waals surface area contributed by atoms with Gasteiger partial charge in [0, 0.05) is 16.9 Å². The van der Waals surface area contributed by atoms with E-state index in [4.69, 9.17) is 10.5 Å². The maximum Gasteiger partial charge on any atom is 0.248 e. The molecule has 0 unspecified atom stereocenters. The van der Waals surface area contributed by atoms with Crippen LogP contribution in [0.4, 0.5) is 5.69 Å². The van der Waals surface area contributed by atoms with E-state index in [-0.39, 0.29) is 11.7 Å². The minimum Gasteiger partial charge on any atom is -0.496 e. The normalized spacial score (nSPS) is 10.6. The van der Waals surface area contributed by atoms with Crippen LogP contribution in [0.25, 0.3) is 17.1 Å². The van der Waals surface area contributed by atoms with E-state index in [1.165, 1.54) is 11.8 Å². The zero-order chi connectivity index (χ0) is 23.2. The molecule has 1 heterocycles. The van der Waals surface area contributed by atoms with Gasteiger partial charge < -0.3 is 15.8 Å². The highest BCUT2D eigenvalue weighted by atomic mass is 32.2. The molecule has 0 spiro atoms. The lowest BCUT2D eigenvalue weighted by Crippen LogP contribution is -2.15. The third-order valence-corrected chi connectivity index (χ3v) is 5.71. The largest absolute Gasteiger partial charge is 0.496 e. The van der Waals surface area contributed by atoms with Crippen molar-refractivity contribution in [1.29, 1.82) is 0 Å². The molecule has 1 aromatic heterocycles. The number of anilines is 1. The van der Waals surface area contributed by atoms with Gasteiger partial charge in [0.25, 0.3) is 0 Å². The lowest BCUT2D eigenvalue weighted by atomic mass is 10.2. The number of primary amides is 1. The van der Waals surface area contributed by atoms with Crippen molar-refractivity contribution in [3.63, 3.8) is 0 Å². The standard InChI is InChI=1S/C24H21N5O3S/c1-32-20-10-6-5-9-19(20)23-27-28-24(29(23)18-7-3-2-4-8-18)33-15-21(30)26-17-13-11-16(12-14-17)22(25)31/h2-14H,15H2,1H3,(H2,25,31)(H,26,30). The van der Waals surface area contributed by atoms with Gasteiger partial charge in [0.15, 0.2) is 11.0 Å². The Morgan fingerprint density at radius 2 is 1.67 bits per heavy atom. The zero-order valence-electron chi connectivity index (χ0n) is 17.8. The van der Waals surface area contributed by atoms with Gasteiger partial charge in [0.2, 0.25) is 11.8 Å². The van der Waals surface area contributed by atoms with Gasteiger partial charge in [-0.2, -0.15) is 0 Å². The van der Waals surface area contributed by atoms with Crippen molar-refractivity contribution in [2.45, 2.75) is 5.16 Å². The highest BCUT2D eigenvalue weighted by Crippen LogP contribution is 2.33. The summed E-state index contributed by atoms with van der Waals surface area (Å²) in [5, 5.41) is 12.1. The maximum atomic E-state index is 12.5. The molecule has 3 N–H and O–H groups in total. The van der Waals surface area contributed by atoms with Crippen molar-refractivity contribution < 1.29 is 14.3 Å². The number of carbonyl (C=O) groups excluding carboxylic acids is 2. The molecule has 2 amide bonds. The topological polar surface area (TPSA) is 112 Å². The minimum atomic E-state index is -0.519. The van der Waals surface area contributed by atoms with Crippen LogP contribution < -0.4 is 15.8 Å². The van der Waals surface area contributed by atoms with Gasteiger partial charge in [0.05, 0.1) is 18.4 Å². The number of nitrogens with two attached hydrogens (primary N) is 1. The number of para-hydroxylation sites is 2. The Balaban J connectivity index is 1.57. The van der Waals surface area contributed by atoms with E-state index in [0.717, 1.165) is 11.3 Å². The molecule has 0 aliphatic rings. The number of benzene rings is 3. The second kappa shape index (κ2) is 10.0. The van der Waals surface area contributed by atoms with Crippen molar-refractivity contribution in [1.82, 2.24) is 14.8 Å². The second-order valence-corrected chi connectivity index (χ2v) is 7.90. The number of rotatable bonds is 8. The van der Waals surface area contributed by atoms with Crippen LogP contribution in [0.15, 0.2) is 84.0 Å². The molecular formula is C24H21N5O3S. The van der Waals surface area contributed by atoms with Gasteiger partial charge >= 0.3 is 0 Å². The predicted octanol–water partition coefficient (Wildman–Crippen LogP) is 3.77. The summed E-state index contributed by atoms with van der Waals surface area (Å²) in [6.07, 6.45) is 0. The van der Waals surface area contributed by atoms with E-state index in [9.17, 15) is 9.59 Å². The van der Waals surface area contributed by atoms with E-state index >= 15 is 0 Å². The second-order valence-electron chi connectivity index (χ2n) is 6.96. The van der Waals surface area contributed by atoms with E-state index in [1.807, 2.05) is 59.2 Å². The zero-order valence-corrected chi connectivity index (χ0v) is 18.6. The summed E-state index contributed by atoms with van der Waals surface area (Å²) in [6.45, 7) is 0. The number of methoxy groups -OCH3 is 1. The molecule has 3 aromatic carbocycles. The SMILES string of the molecule is COc1ccccc1-c1nnc(SCC(=O)Nc2ccc(C(N)=O)cc2)n1-c1ccccc1. The fourth-order valence-corrected chi connectivity index (χ4v) is 3.97. The van der Waals surface area contributed by atoms with Crippen LogP contribution in [0, 0.1) is 0 Å². The molecule has 4 rings (SSSR count). The van der Waals surface area contributed by atoms with Crippen molar-refractivity contribution in [3.8, 4) is 22.8 Å². The highest BCUT2D eigenvalue weighted by Gasteiger charge is 2.19. The smallest absolute Gasteiger partial charge is 0.248 e. The van der Waals surface area contributed by atoms with Crippen LogP contribution in [0.5, 0.6) is 5.75 Å². The van der Waals surface area contributed by atoms with Gasteiger partial charge in [-0.3, -0.25) is 14.2 Å². The number of amides is 2. The fraction of sp³-hybridized carbons (Fsp3) is 0.0833. The molecule has 33 heavy (non-hydrogen) atoms. The highest BCUT2D eigenvalue weighted by molar-refractivity contribution is 7.99. The van der Waals surface area contributed by atoms with Crippen molar-refractivity contribution in [2.24, 2.45) is 5.73 Å². The molecule has 0 aliphatic heterocycles. The number of hydrogen-bond donors (Lipinski definition) is 2. The number of ether oxygens (including phenoxy) is 1. The van der Waals surface area contributed by atoms with Crippen molar-refractivity contribution >= 4 is 29.3 Å². The average Bonchev–Trinajstić information content (AvgIpc) is 3.27. The van der Waals surface area contributed by atoms with Crippen LogP contribution in [-0.4, -0.2) is 39.4 Å². The van der Waals surface area contributed by atoms with Crippen LogP contribution >= 0.6 is 11.8 Å². The van der Waals surface area contributed by atoms with E-state index < -0.39 is 5.91 Å². The molecule has 4 aromatic rings. The lowest BCUT2D eigenvalue weighted by molar-refractivity contribution is -0.113. The number of nitrogens with one attached hydrogen (secondary N) is 1. The first-order chi connectivity index (χ1) is 16.1. The first-order valence-corrected chi connectivity index (χ1v) is 11.0. The van der Waals surface area contributed by atoms with Gasteiger partial charge in [0.1, 0.15) is 5.75 Å². The van der Waals surface area contributed by atoms with Gasteiger partial charge in [-0.25, -0.2) is 0 Å². The number of carbonyl (C=O) groups is 2. The summed E-state index contributed by atoms with van der Waals surface area (Å²) in [4.78, 5) is 23.7. The Morgan fingerprint density at radius 3 is 2.36 bits per heavy atom. The van der Waals surface area contributed by atoms with Crippen LogP contribution in [0.1, 0.15) is 10.4 Å². The Hall–Kier alpha value is -4.11. The molecule has 9 heteroatoms. The Morgan fingerprint density at radius 1 is 0.970 bits per heavy atom. The Kier molecular flexibility index (Phi) is 6.70. The van der Waals surface area contributed by atoms with E-state index in [0.29, 0.717) is 28.0 Å². The van der Waals surface area contributed by atoms with Crippen LogP contribution in [0.3, 0.4) is 0 Å². The van der Waals surface area contributed by atoms with Crippen molar-refractivity contribution in [3.05, 3.63) is 84.4 Å². The first kappa shape index (κ1) is 22.1. The quantitative estimate of drug-likeness (QED) is 0.388. The third kappa shape index (κ3) is 5.04. The summed E-state index contributed by atoms with van der Waals surface area (Å²) in [6, 6.07) is 23.7. The Bertz CT molecular complexity index is 1270. The Labute approximate surface area is 194 Å². The third-order valence-electron chi connectivity index (χ3n) is 4.78. The molecule has 0 radical (unpaired) electrons. The van der Waals surface area contributed by atoms with E-state index in [2.05, 4.69) is 15.5 Å². The predicted molar refractivity (Wildman–Crippen MR) is 128 cm³/mol. The summed E-state index contributed by atoms with van der Waals surface area (Å²) in [7, 11) is 1.61. The molecule has 8 nitrogen and oxygen atoms in total. The molecule has 0 fully saturated rings. The molecule has 166 valence electrons. The number of thioether (sulfide) groups is 1. The van der Waals surface area contributed by atoms with Gasteiger partial charge in [-0.05, 0) is 48.5 Å². The van der Waals surface area contributed by atoms with E-state index in [1.54, 1.807) is 31.4 Å². The molecular weight excluding hydrogens is 438 g/mol. The number of aromatic nitrogens is 3. The number of nitrogens with zero attached hydrogens (tertiary/aromatic N) is 3. The molecule has 0 aliphatic carbocycles. The summed E-state index contributed by atoms with van der Waals surface area (Å²) >= 11 is 1.27. The van der Waals surface area contributed by atoms with Gasteiger partial charge in [-0.15, -0.1) is 10.2 Å². The maximum absolute atomic E-state index is 12.5. The number of hydrogen-bond acceptors (Lipinski definition) is 6. The summed E-state index contributed by atoms with van der Waals surface area (Å²) in [5.74, 6) is 0.677. The molecule has 0 saturated carbocycles. The summed E-state index contributed by atoms with van der Waals surface area (Å²) in [5.41, 5.74) is 7.86. The van der Waals surface area contributed by atoms with Crippen LogP contribution in [-0.2, 0) is 4.79 Å².